The molecule has 100 valence electrons. The summed E-state index contributed by atoms with van der Waals surface area (Å²) < 4.78 is 5.78. The zero-order valence-electron chi connectivity index (χ0n) is 11.2. The summed E-state index contributed by atoms with van der Waals surface area (Å²) in [7, 11) is 0. The number of cyclic esters (lactones) is 1. The van der Waals surface area contributed by atoms with Gasteiger partial charge in [-0.15, -0.1) is 0 Å². The lowest BCUT2D eigenvalue weighted by molar-refractivity contribution is -0.148. The number of hydrogen-bond acceptors (Lipinski definition) is 2. The summed E-state index contributed by atoms with van der Waals surface area (Å²) >= 11 is 0. The Morgan fingerprint density at radius 1 is 1.05 bits per heavy atom. The van der Waals surface area contributed by atoms with Gasteiger partial charge in [0.15, 0.2) is 0 Å². The van der Waals surface area contributed by atoms with Crippen LogP contribution in [0.2, 0.25) is 0 Å². The highest BCUT2D eigenvalue weighted by Crippen LogP contribution is 2.63. The second kappa shape index (κ2) is 4.09. The van der Waals surface area contributed by atoms with Gasteiger partial charge >= 0.3 is 5.97 Å². The van der Waals surface area contributed by atoms with Crippen LogP contribution in [0.3, 0.4) is 0 Å². The molecule has 19 heavy (non-hydrogen) atoms. The molecular formula is C17H20O2. The van der Waals surface area contributed by atoms with Crippen LogP contribution in [0.25, 0.3) is 0 Å². The normalized spacial score (nSPS) is 37.8. The lowest BCUT2D eigenvalue weighted by Gasteiger charge is -2.27. The van der Waals surface area contributed by atoms with Crippen molar-refractivity contribution >= 4 is 5.97 Å². The van der Waals surface area contributed by atoms with Crippen LogP contribution < -0.4 is 0 Å². The number of ether oxygens (including phenoxy) is 1. The molecule has 2 saturated carbocycles. The maximum absolute atomic E-state index is 12.4. The van der Waals surface area contributed by atoms with Crippen LogP contribution in [0, 0.1) is 11.8 Å². The van der Waals surface area contributed by atoms with E-state index in [1.165, 1.54) is 37.7 Å². The van der Waals surface area contributed by atoms with Crippen molar-refractivity contribution in [1.29, 1.82) is 0 Å². The molecule has 0 spiro atoms. The Bertz CT molecular complexity index is 489. The summed E-state index contributed by atoms with van der Waals surface area (Å²) in [5.41, 5.74) is 0.895. The van der Waals surface area contributed by atoms with Gasteiger partial charge in [-0.3, -0.25) is 4.79 Å². The van der Waals surface area contributed by atoms with Gasteiger partial charge in [-0.25, -0.2) is 0 Å². The molecule has 0 aromatic heterocycles. The number of carbonyl (C=O) groups is 1. The van der Waals surface area contributed by atoms with Crippen LogP contribution in [0.15, 0.2) is 30.3 Å². The first-order valence-electron chi connectivity index (χ1n) is 7.59. The van der Waals surface area contributed by atoms with Crippen LogP contribution in [0.5, 0.6) is 0 Å². The number of benzene rings is 1. The molecule has 2 aliphatic carbocycles. The average Bonchev–Trinajstić information content (AvgIpc) is 3.17. The number of carbonyl (C=O) groups excluding carboxylic acids is 1. The van der Waals surface area contributed by atoms with Crippen molar-refractivity contribution in [3.05, 3.63) is 35.9 Å². The Labute approximate surface area is 114 Å². The van der Waals surface area contributed by atoms with Gasteiger partial charge < -0.3 is 4.74 Å². The Balaban J connectivity index is 1.60. The van der Waals surface area contributed by atoms with Crippen LogP contribution >= 0.6 is 0 Å². The van der Waals surface area contributed by atoms with E-state index < -0.39 is 0 Å². The maximum atomic E-state index is 12.4. The van der Waals surface area contributed by atoms with Crippen LogP contribution in [-0.4, -0.2) is 12.1 Å². The van der Waals surface area contributed by atoms with E-state index in [0.717, 1.165) is 6.42 Å². The third-order valence-corrected chi connectivity index (χ3v) is 5.42. The highest BCUT2D eigenvalue weighted by molar-refractivity contribution is 5.90. The lowest BCUT2D eigenvalue weighted by Crippen LogP contribution is -2.26. The van der Waals surface area contributed by atoms with Gasteiger partial charge in [-0.05, 0) is 30.7 Å². The van der Waals surface area contributed by atoms with Crippen molar-refractivity contribution in [3.63, 3.8) is 0 Å². The van der Waals surface area contributed by atoms with Crippen molar-refractivity contribution in [3.8, 4) is 0 Å². The first-order valence-corrected chi connectivity index (χ1v) is 7.59. The Hall–Kier alpha value is -1.31. The third kappa shape index (κ3) is 1.58. The fraction of sp³-hybridized carbons (Fsp3) is 0.588. The molecule has 1 aromatic rings. The van der Waals surface area contributed by atoms with E-state index in [2.05, 4.69) is 12.1 Å². The molecule has 0 amide bonds. The molecule has 1 aliphatic heterocycles. The van der Waals surface area contributed by atoms with Gasteiger partial charge in [0.05, 0.1) is 5.41 Å². The van der Waals surface area contributed by atoms with Gasteiger partial charge in [-0.1, -0.05) is 49.6 Å². The van der Waals surface area contributed by atoms with Crippen molar-refractivity contribution in [2.45, 2.75) is 50.0 Å². The number of esters is 1. The Morgan fingerprint density at radius 2 is 1.79 bits per heavy atom. The van der Waals surface area contributed by atoms with Gasteiger partial charge in [0.2, 0.25) is 0 Å². The van der Waals surface area contributed by atoms with Crippen molar-refractivity contribution in [2.24, 2.45) is 11.8 Å². The average molecular weight is 256 g/mol. The maximum Gasteiger partial charge on any atom is 0.317 e. The van der Waals surface area contributed by atoms with E-state index in [1.54, 1.807) is 0 Å². The monoisotopic (exact) mass is 256 g/mol. The predicted molar refractivity (Wildman–Crippen MR) is 72.7 cm³/mol. The molecule has 4 rings (SSSR count). The lowest BCUT2D eigenvalue weighted by atomic mass is 9.82. The molecule has 2 nitrogen and oxygen atoms in total. The van der Waals surface area contributed by atoms with E-state index in [1.807, 2.05) is 18.2 Å². The summed E-state index contributed by atoms with van der Waals surface area (Å²) in [6.07, 6.45) is 7.68. The van der Waals surface area contributed by atoms with E-state index in [4.69, 9.17) is 4.74 Å². The second-order valence-corrected chi connectivity index (χ2v) is 6.42. The molecule has 1 heterocycles. The largest absolute Gasteiger partial charge is 0.461 e. The molecule has 1 saturated heterocycles. The fourth-order valence-corrected chi connectivity index (χ4v) is 4.30. The topological polar surface area (TPSA) is 26.3 Å². The first kappa shape index (κ1) is 11.5. The Morgan fingerprint density at radius 3 is 2.47 bits per heavy atom. The zero-order valence-corrected chi connectivity index (χ0v) is 11.2. The quantitative estimate of drug-likeness (QED) is 0.758. The Kier molecular flexibility index (Phi) is 2.48. The zero-order chi connectivity index (χ0) is 12.9. The van der Waals surface area contributed by atoms with Crippen molar-refractivity contribution in [1.82, 2.24) is 0 Å². The molecule has 3 aliphatic rings. The second-order valence-electron chi connectivity index (χ2n) is 6.42. The first-order chi connectivity index (χ1) is 9.32. The summed E-state index contributed by atoms with van der Waals surface area (Å²) in [5.74, 6) is 1.11. The third-order valence-electron chi connectivity index (χ3n) is 5.42. The van der Waals surface area contributed by atoms with E-state index in [-0.39, 0.29) is 17.5 Å². The molecule has 3 atom stereocenters. The van der Waals surface area contributed by atoms with Crippen LogP contribution in [0.4, 0.5) is 0 Å². The van der Waals surface area contributed by atoms with Crippen LogP contribution in [-0.2, 0) is 14.9 Å². The highest BCUT2D eigenvalue weighted by Gasteiger charge is 2.71. The molecule has 3 fully saturated rings. The molecule has 0 unspecified atom stereocenters. The van der Waals surface area contributed by atoms with Gasteiger partial charge in [0.25, 0.3) is 0 Å². The van der Waals surface area contributed by atoms with Gasteiger partial charge in [-0.2, -0.15) is 0 Å². The van der Waals surface area contributed by atoms with Crippen molar-refractivity contribution in [2.75, 3.05) is 0 Å². The number of hydrogen-bond donors (Lipinski definition) is 0. The van der Waals surface area contributed by atoms with E-state index >= 15 is 0 Å². The standard InChI is InChI=1S/C17H20O2/c18-16-17(13-9-5-2-6-10-13)11-14(17)15(19-16)12-7-3-1-4-8-12/h2,5-6,9-10,12,14-15H,1,3-4,7-8,11H2/t14-,15+,17+/m1/s1. The smallest absolute Gasteiger partial charge is 0.317 e. The minimum atomic E-state index is -0.274. The highest BCUT2D eigenvalue weighted by atomic mass is 16.6. The molecule has 0 bridgehead atoms. The van der Waals surface area contributed by atoms with Gasteiger partial charge in [0.1, 0.15) is 6.10 Å². The fourth-order valence-electron chi connectivity index (χ4n) is 4.30. The summed E-state index contributed by atoms with van der Waals surface area (Å²) in [6.45, 7) is 0. The molecule has 2 heteroatoms. The SMILES string of the molecule is O=C1O[C@@H](C2CCCCC2)[C@H]2C[C@@]12c1ccccc1. The van der Waals surface area contributed by atoms with Gasteiger partial charge in [0, 0.05) is 5.92 Å². The minimum absolute atomic E-state index is 0.0410. The molecule has 1 aromatic carbocycles. The predicted octanol–water partition coefficient (Wildman–Crippen LogP) is 3.45. The molecular weight excluding hydrogens is 236 g/mol. The summed E-state index contributed by atoms with van der Waals surface area (Å²) in [4.78, 5) is 12.4. The number of fused-ring (bicyclic) bond motifs is 1. The number of rotatable bonds is 2. The molecule has 0 N–H and O–H groups in total. The van der Waals surface area contributed by atoms with Crippen molar-refractivity contribution < 1.29 is 9.53 Å². The minimum Gasteiger partial charge on any atom is -0.461 e. The molecule has 0 radical (unpaired) electrons. The summed E-state index contributed by atoms with van der Waals surface area (Å²) in [5, 5.41) is 0. The van der Waals surface area contributed by atoms with E-state index in [0.29, 0.717) is 11.8 Å². The summed E-state index contributed by atoms with van der Waals surface area (Å²) in [6, 6.07) is 10.2. The van der Waals surface area contributed by atoms with Crippen LogP contribution in [0.1, 0.15) is 44.1 Å². The van der Waals surface area contributed by atoms with E-state index in [9.17, 15) is 4.79 Å².